The molecule has 0 atom stereocenters. The molecule has 0 saturated carbocycles. The second-order valence-electron chi connectivity index (χ2n) is 8.51. The Morgan fingerprint density at radius 1 is 0.868 bits per heavy atom. The number of aromatic nitrogens is 1. The number of nitrogens with zero attached hydrogens (tertiary/aromatic N) is 2. The van der Waals surface area contributed by atoms with Gasteiger partial charge in [0, 0.05) is 15.7 Å². The second kappa shape index (κ2) is 11.8. The molecule has 38 heavy (non-hydrogen) atoms. The molecular formula is C32H26BrN3O2. The monoisotopic (exact) mass is 563 g/mol. The van der Waals surface area contributed by atoms with Crippen molar-refractivity contribution in [2.45, 2.75) is 6.92 Å². The van der Waals surface area contributed by atoms with E-state index in [9.17, 15) is 4.79 Å². The Hall–Kier alpha value is -4.42. The van der Waals surface area contributed by atoms with Crippen LogP contribution in [-0.2, 0) is 0 Å². The van der Waals surface area contributed by atoms with E-state index in [1.807, 2.05) is 73.7 Å². The summed E-state index contributed by atoms with van der Waals surface area (Å²) in [7, 11) is 0. The first-order valence-corrected chi connectivity index (χ1v) is 13.1. The maximum Gasteiger partial charge on any atom is 0.272 e. The van der Waals surface area contributed by atoms with Gasteiger partial charge in [-0.25, -0.2) is 5.43 Å². The highest BCUT2D eigenvalue weighted by Crippen LogP contribution is 2.35. The van der Waals surface area contributed by atoms with Crippen LogP contribution < -0.4 is 10.2 Å². The van der Waals surface area contributed by atoms with Crippen LogP contribution in [0.2, 0.25) is 0 Å². The molecule has 0 aliphatic rings. The first-order valence-electron chi connectivity index (χ1n) is 12.3. The van der Waals surface area contributed by atoms with E-state index in [0.717, 1.165) is 39.5 Å². The zero-order valence-electron chi connectivity index (χ0n) is 20.8. The van der Waals surface area contributed by atoms with Crippen molar-refractivity contribution in [3.05, 3.63) is 131 Å². The van der Waals surface area contributed by atoms with Crippen molar-refractivity contribution in [1.82, 2.24) is 9.99 Å². The SMILES string of the molecule is CCOc1ccc(-n2c(-c3ccccc3)cc(/C=N/NC(=O)c3ccccc3Br)c2-c2ccccc2)cc1. The average molecular weight is 564 g/mol. The minimum Gasteiger partial charge on any atom is -0.494 e. The number of carbonyl (C=O) groups excluding carboxylic acids is 1. The Kier molecular flexibility index (Phi) is 7.81. The summed E-state index contributed by atoms with van der Waals surface area (Å²) in [4.78, 5) is 12.7. The molecule has 5 nitrogen and oxygen atoms in total. The van der Waals surface area contributed by atoms with Gasteiger partial charge >= 0.3 is 0 Å². The number of ether oxygens (including phenoxy) is 1. The van der Waals surface area contributed by atoms with Crippen molar-refractivity contribution < 1.29 is 9.53 Å². The number of benzene rings is 4. The van der Waals surface area contributed by atoms with Gasteiger partial charge in [-0.2, -0.15) is 5.10 Å². The molecular weight excluding hydrogens is 538 g/mol. The standard InChI is InChI=1S/C32H26BrN3O2/c1-2-38-27-19-17-26(18-20-27)36-30(23-11-5-3-6-12-23)21-25(31(36)24-13-7-4-8-14-24)22-34-35-32(37)28-15-9-10-16-29(28)33/h3-22H,2H2,1H3,(H,35,37)/b34-22+. The molecule has 5 aromatic rings. The van der Waals surface area contributed by atoms with Crippen molar-refractivity contribution in [2.75, 3.05) is 6.61 Å². The lowest BCUT2D eigenvalue weighted by Gasteiger charge is -2.15. The van der Waals surface area contributed by atoms with E-state index in [1.54, 1.807) is 12.3 Å². The Balaban J connectivity index is 1.63. The van der Waals surface area contributed by atoms with Crippen LogP contribution in [0.3, 0.4) is 0 Å². The highest BCUT2D eigenvalue weighted by Gasteiger charge is 2.19. The predicted octanol–water partition coefficient (Wildman–Crippen LogP) is 7.74. The number of rotatable bonds is 8. The second-order valence-corrected chi connectivity index (χ2v) is 9.36. The summed E-state index contributed by atoms with van der Waals surface area (Å²) in [5.41, 5.74) is 9.12. The third-order valence-corrected chi connectivity index (χ3v) is 6.73. The smallest absolute Gasteiger partial charge is 0.272 e. The minimum atomic E-state index is -0.288. The minimum absolute atomic E-state index is 0.288. The third kappa shape index (κ3) is 5.45. The summed E-state index contributed by atoms with van der Waals surface area (Å²) in [6.45, 7) is 2.58. The van der Waals surface area contributed by atoms with Gasteiger partial charge in [0.1, 0.15) is 5.75 Å². The summed E-state index contributed by atoms with van der Waals surface area (Å²) < 4.78 is 8.61. The molecule has 0 fully saturated rings. The lowest BCUT2D eigenvalue weighted by molar-refractivity contribution is 0.0954. The summed E-state index contributed by atoms with van der Waals surface area (Å²) in [5.74, 6) is 0.534. The topological polar surface area (TPSA) is 55.6 Å². The lowest BCUT2D eigenvalue weighted by Crippen LogP contribution is -2.18. The van der Waals surface area contributed by atoms with Gasteiger partial charge in [0.25, 0.3) is 5.91 Å². The number of hydrogen-bond acceptors (Lipinski definition) is 3. The molecule has 1 N–H and O–H groups in total. The maximum atomic E-state index is 12.7. The number of hydrazone groups is 1. The van der Waals surface area contributed by atoms with Gasteiger partial charge in [-0.05, 0) is 76.4 Å². The number of nitrogens with one attached hydrogen (secondary N) is 1. The average Bonchev–Trinajstić information content (AvgIpc) is 3.34. The maximum absolute atomic E-state index is 12.7. The number of amides is 1. The van der Waals surface area contributed by atoms with E-state index < -0.39 is 0 Å². The van der Waals surface area contributed by atoms with Crippen LogP contribution in [-0.4, -0.2) is 23.3 Å². The van der Waals surface area contributed by atoms with Crippen LogP contribution in [0.15, 0.2) is 125 Å². The Morgan fingerprint density at radius 3 is 2.16 bits per heavy atom. The van der Waals surface area contributed by atoms with Crippen molar-refractivity contribution in [1.29, 1.82) is 0 Å². The molecule has 0 spiro atoms. The summed E-state index contributed by atoms with van der Waals surface area (Å²) in [5, 5.41) is 4.35. The fourth-order valence-corrected chi connectivity index (χ4v) is 4.80. The van der Waals surface area contributed by atoms with Gasteiger partial charge in [-0.3, -0.25) is 4.79 Å². The van der Waals surface area contributed by atoms with Crippen LogP contribution in [0.4, 0.5) is 0 Å². The van der Waals surface area contributed by atoms with Crippen molar-refractivity contribution in [2.24, 2.45) is 5.10 Å². The fourth-order valence-electron chi connectivity index (χ4n) is 4.33. The Bertz CT molecular complexity index is 1560. The molecule has 0 radical (unpaired) electrons. The number of carbonyl (C=O) groups is 1. The summed E-state index contributed by atoms with van der Waals surface area (Å²) in [6.07, 6.45) is 1.70. The molecule has 1 heterocycles. The van der Waals surface area contributed by atoms with Gasteiger partial charge in [-0.15, -0.1) is 0 Å². The first-order chi connectivity index (χ1) is 18.7. The molecule has 1 amide bonds. The molecule has 1 aromatic heterocycles. The van der Waals surface area contributed by atoms with Gasteiger partial charge in [0.05, 0.1) is 29.8 Å². The normalized spacial score (nSPS) is 11.0. The number of halogens is 1. The van der Waals surface area contributed by atoms with E-state index in [-0.39, 0.29) is 5.91 Å². The third-order valence-electron chi connectivity index (χ3n) is 6.04. The first kappa shape index (κ1) is 25.2. The Morgan fingerprint density at radius 2 is 1.50 bits per heavy atom. The molecule has 5 rings (SSSR count). The van der Waals surface area contributed by atoms with Crippen LogP contribution in [0.1, 0.15) is 22.8 Å². The van der Waals surface area contributed by atoms with E-state index in [4.69, 9.17) is 4.74 Å². The van der Waals surface area contributed by atoms with Crippen LogP contribution in [0.5, 0.6) is 5.75 Å². The predicted molar refractivity (Wildman–Crippen MR) is 157 cm³/mol. The Labute approximate surface area is 230 Å². The van der Waals surface area contributed by atoms with Gasteiger partial charge in [0.2, 0.25) is 0 Å². The largest absolute Gasteiger partial charge is 0.494 e. The van der Waals surface area contributed by atoms with E-state index in [2.05, 4.69) is 73.5 Å². The van der Waals surface area contributed by atoms with Gasteiger partial charge < -0.3 is 9.30 Å². The van der Waals surface area contributed by atoms with E-state index in [1.165, 1.54) is 0 Å². The highest BCUT2D eigenvalue weighted by molar-refractivity contribution is 9.10. The molecule has 0 unspecified atom stereocenters. The molecule has 0 saturated heterocycles. The van der Waals surface area contributed by atoms with Crippen molar-refractivity contribution in [3.8, 4) is 34.0 Å². The molecule has 6 heteroatoms. The zero-order chi connectivity index (χ0) is 26.3. The van der Waals surface area contributed by atoms with E-state index >= 15 is 0 Å². The van der Waals surface area contributed by atoms with Crippen LogP contribution in [0.25, 0.3) is 28.2 Å². The molecule has 0 aliphatic heterocycles. The van der Waals surface area contributed by atoms with Gasteiger partial charge in [0.15, 0.2) is 0 Å². The zero-order valence-corrected chi connectivity index (χ0v) is 22.4. The highest BCUT2D eigenvalue weighted by atomic mass is 79.9. The molecule has 188 valence electrons. The summed E-state index contributed by atoms with van der Waals surface area (Å²) >= 11 is 3.43. The molecule has 0 bridgehead atoms. The fraction of sp³-hybridized carbons (Fsp3) is 0.0625. The molecule has 4 aromatic carbocycles. The van der Waals surface area contributed by atoms with Crippen LogP contribution in [0, 0.1) is 0 Å². The quantitative estimate of drug-likeness (QED) is 0.155. The van der Waals surface area contributed by atoms with Crippen LogP contribution >= 0.6 is 15.9 Å². The van der Waals surface area contributed by atoms with E-state index in [0.29, 0.717) is 16.6 Å². The van der Waals surface area contributed by atoms with Gasteiger partial charge in [-0.1, -0.05) is 72.8 Å². The van der Waals surface area contributed by atoms with Crippen molar-refractivity contribution >= 4 is 28.1 Å². The molecule has 0 aliphatic carbocycles. The van der Waals surface area contributed by atoms with Crippen molar-refractivity contribution in [3.63, 3.8) is 0 Å². The summed E-state index contributed by atoms with van der Waals surface area (Å²) in [6, 6.07) is 37.9. The number of hydrogen-bond donors (Lipinski definition) is 1. The lowest BCUT2D eigenvalue weighted by atomic mass is 10.1.